The Kier molecular flexibility index (Phi) is 5.92. The summed E-state index contributed by atoms with van der Waals surface area (Å²) in [7, 11) is 3.01. The van der Waals surface area contributed by atoms with Crippen LogP contribution < -0.4 is 0 Å². The van der Waals surface area contributed by atoms with Gasteiger partial charge in [0.15, 0.2) is 5.76 Å². The number of methoxy groups -OCH3 is 3. The molecule has 0 unspecified atom stereocenters. The third-order valence-electron chi connectivity index (χ3n) is 1.34. The molecular formula is C10H20O4Si. The molecule has 0 heterocycles. The van der Waals surface area contributed by atoms with Crippen LogP contribution in [0.1, 0.15) is 0 Å². The van der Waals surface area contributed by atoms with E-state index >= 15 is 0 Å². The van der Waals surface area contributed by atoms with Crippen molar-refractivity contribution in [2.45, 2.75) is 19.6 Å². The second-order valence-corrected chi connectivity index (χ2v) is 8.27. The van der Waals surface area contributed by atoms with E-state index in [9.17, 15) is 0 Å². The van der Waals surface area contributed by atoms with Gasteiger partial charge in [-0.3, -0.25) is 0 Å². The van der Waals surface area contributed by atoms with Crippen molar-refractivity contribution in [3.05, 3.63) is 24.0 Å². The summed E-state index contributed by atoms with van der Waals surface area (Å²) in [6, 6.07) is 0. The Morgan fingerprint density at radius 1 is 1.00 bits per heavy atom. The van der Waals surface area contributed by atoms with Gasteiger partial charge in [0.05, 0.1) is 27.4 Å². The van der Waals surface area contributed by atoms with Crippen LogP contribution in [0.3, 0.4) is 0 Å². The van der Waals surface area contributed by atoms with Crippen LogP contribution in [0.15, 0.2) is 24.0 Å². The fraction of sp³-hybridized carbons (Fsp3) is 0.600. The number of ether oxygens (including phenoxy) is 3. The number of hydrogen-bond acceptors (Lipinski definition) is 4. The van der Waals surface area contributed by atoms with E-state index in [0.29, 0.717) is 11.7 Å². The van der Waals surface area contributed by atoms with Crippen LogP contribution in [0.5, 0.6) is 0 Å². The minimum atomic E-state index is -1.66. The molecule has 15 heavy (non-hydrogen) atoms. The SMILES string of the molecule is CO/C=C(/C=C(/OC)O[Si](C)(C)C)OC. The molecule has 0 saturated carbocycles. The number of allylic oxidation sites excluding steroid dienone is 1. The quantitative estimate of drug-likeness (QED) is 0.400. The minimum absolute atomic E-state index is 0.444. The van der Waals surface area contributed by atoms with Gasteiger partial charge in [0.2, 0.25) is 8.32 Å². The highest BCUT2D eigenvalue weighted by Crippen LogP contribution is 2.13. The highest BCUT2D eigenvalue weighted by Gasteiger charge is 2.18. The Morgan fingerprint density at radius 2 is 1.60 bits per heavy atom. The summed E-state index contributed by atoms with van der Waals surface area (Å²) < 4.78 is 20.7. The van der Waals surface area contributed by atoms with Crippen molar-refractivity contribution in [1.29, 1.82) is 0 Å². The molecule has 5 heteroatoms. The standard InChI is InChI=1S/C10H20O4Si/c1-11-8-9(12-2)7-10(13-3)14-15(4,5)6/h7-8H,1-6H3/b9-8-,10-7-. The smallest absolute Gasteiger partial charge is 0.268 e. The van der Waals surface area contributed by atoms with Gasteiger partial charge >= 0.3 is 0 Å². The lowest BCUT2D eigenvalue weighted by Crippen LogP contribution is -2.25. The average Bonchev–Trinajstić information content (AvgIpc) is 2.13. The van der Waals surface area contributed by atoms with Crippen LogP contribution >= 0.6 is 0 Å². The molecule has 0 N–H and O–H groups in total. The summed E-state index contributed by atoms with van der Waals surface area (Å²) in [5.74, 6) is 0.993. The van der Waals surface area contributed by atoms with E-state index in [1.54, 1.807) is 27.4 Å². The predicted molar refractivity (Wildman–Crippen MR) is 61.6 cm³/mol. The summed E-state index contributed by atoms with van der Waals surface area (Å²) in [6.45, 7) is 6.23. The maximum absolute atomic E-state index is 5.67. The van der Waals surface area contributed by atoms with Crippen molar-refractivity contribution in [3.8, 4) is 0 Å². The van der Waals surface area contributed by atoms with Gasteiger partial charge in [0.25, 0.3) is 5.95 Å². The third kappa shape index (κ3) is 6.90. The lowest BCUT2D eigenvalue weighted by molar-refractivity contribution is 0.143. The van der Waals surface area contributed by atoms with Crippen LogP contribution in [0.4, 0.5) is 0 Å². The topological polar surface area (TPSA) is 36.9 Å². The van der Waals surface area contributed by atoms with Gasteiger partial charge in [0, 0.05) is 0 Å². The first kappa shape index (κ1) is 13.9. The molecule has 0 bridgehead atoms. The van der Waals surface area contributed by atoms with Gasteiger partial charge in [0.1, 0.15) is 6.26 Å². The van der Waals surface area contributed by atoms with Gasteiger partial charge in [-0.05, 0) is 19.6 Å². The zero-order chi connectivity index (χ0) is 11.9. The molecule has 88 valence electrons. The van der Waals surface area contributed by atoms with Gasteiger partial charge in [-0.1, -0.05) is 0 Å². The Morgan fingerprint density at radius 3 is 1.93 bits per heavy atom. The first-order valence-corrected chi connectivity index (χ1v) is 8.05. The molecule has 0 amide bonds. The van der Waals surface area contributed by atoms with Crippen molar-refractivity contribution < 1.29 is 18.6 Å². The molecule has 0 aromatic carbocycles. The molecule has 0 saturated heterocycles. The van der Waals surface area contributed by atoms with Crippen LogP contribution in [-0.4, -0.2) is 29.6 Å². The van der Waals surface area contributed by atoms with Crippen molar-refractivity contribution in [2.24, 2.45) is 0 Å². The second-order valence-electron chi connectivity index (χ2n) is 3.84. The highest BCUT2D eigenvalue weighted by molar-refractivity contribution is 6.69. The number of hydrogen-bond donors (Lipinski definition) is 0. The molecule has 0 aliphatic carbocycles. The molecule has 0 radical (unpaired) electrons. The van der Waals surface area contributed by atoms with E-state index in [0.717, 1.165) is 0 Å². The number of rotatable bonds is 6. The molecule has 0 aromatic rings. The first-order chi connectivity index (χ1) is 6.92. The van der Waals surface area contributed by atoms with Gasteiger partial charge in [-0.25, -0.2) is 0 Å². The summed E-state index contributed by atoms with van der Waals surface area (Å²) in [5.41, 5.74) is 0. The van der Waals surface area contributed by atoms with E-state index < -0.39 is 8.32 Å². The van der Waals surface area contributed by atoms with E-state index in [2.05, 4.69) is 19.6 Å². The zero-order valence-corrected chi connectivity index (χ0v) is 11.3. The van der Waals surface area contributed by atoms with E-state index in [4.69, 9.17) is 18.6 Å². The third-order valence-corrected chi connectivity index (χ3v) is 2.15. The van der Waals surface area contributed by atoms with Crippen LogP contribution in [0.25, 0.3) is 0 Å². The molecule has 0 rings (SSSR count). The monoisotopic (exact) mass is 232 g/mol. The normalized spacial score (nSPS) is 13.5. The molecule has 4 nitrogen and oxygen atoms in total. The van der Waals surface area contributed by atoms with Crippen LogP contribution in [0.2, 0.25) is 19.6 Å². The van der Waals surface area contributed by atoms with Crippen molar-refractivity contribution in [2.75, 3.05) is 21.3 Å². The summed E-state index contributed by atoms with van der Waals surface area (Å²) >= 11 is 0. The largest absolute Gasteiger partial charge is 0.520 e. The molecule has 0 spiro atoms. The Balaban J connectivity index is 4.64. The summed E-state index contributed by atoms with van der Waals surface area (Å²) in [6.07, 6.45) is 3.13. The lowest BCUT2D eigenvalue weighted by atomic mass is 10.5. The average molecular weight is 232 g/mol. The second kappa shape index (κ2) is 6.39. The van der Waals surface area contributed by atoms with Crippen molar-refractivity contribution in [3.63, 3.8) is 0 Å². The van der Waals surface area contributed by atoms with Crippen molar-refractivity contribution in [1.82, 2.24) is 0 Å². The Bertz CT molecular complexity index is 240. The zero-order valence-electron chi connectivity index (χ0n) is 10.3. The van der Waals surface area contributed by atoms with Crippen LogP contribution in [0, 0.1) is 0 Å². The molecule has 0 atom stereocenters. The minimum Gasteiger partial charge on any atom is -0.520 e. The highest BCUT2D eigenvalue weighted by atomic mass is 28.4. The molecule has 0 aliphatic heterocycles. The first-order valence-electron chi connectivity index (χ1n) is 4.64. The van der Waals surface area contributed by atoms with Crippen LogP contribution in [-0.2, 0) is 18.6 Å². The van der Waals surface area contributed by atoms with Crippen molar-refractivity contribution >= 4 is 8.32 Å². The molecule has 0 aromatic heterocycles. The molecular weight excluding hydrogens is 212 g/mol. The lowest BCUT2D eigenvalue weighted by Gasteiger charge is -2.20. The summed E-state index contributed by atoms with van der Waals surface area (Å²) in [5, 5.41) is 0. The van der Waals surface area contributed by atoms with E-state index in [1.165, 1.54) is 6.26 Å². The van der Waals surface area contributed by atoms with E-state index in [-0.39, 0.29) is 0 Å². The summed E-state index contributed by atoms with van der Waals surface area (Å²) in [4.78, 5) is 0. The fourth-order valence-electron chi connectivity index (χ4n) is 0.805. The van der Waals surface area contributed by atoms with Gasteiger partial charge < -0.3 is 18.6 Å². The van der Waals surface area contributed by atoms with Gasteiger partial charge in [-0.2, -0.15) is 0 Å². The fourth-order valence-corrected chi connectivity index (χ4v) is 1.55. The van der Waals surface area contributed by atoms with E-state index in [1.807, 2.05) is 0 Å². The maximum Gasteiger partial charge on any atom is 0.268 e. The maximum atomic E-state index is 5.67. The molecule has 0 aliphatic rings. The molecule has 0 fully saturated rings. The van der Waals surface area contributed by atoms with Gasteiger partial charge in [-0.15, -0.1) is 0 Å². The Hall–Kier alpha value is -1.10. The predicted octanol–water partition coefficient (Wildman–Crippen LogP) is 2.46. The Labute approximate surface area is 92.6 Å².